The maximum atomic E-state index is 9.15. The van der Waals surface area contributed by atoms with Crippen LogP contribution in [0.15, 0.2) is 36.5 Å². The van der Waals surface area contributed by atoms with Crippen LogP contribution in [0.2, 0.25) is 0 Å². The van der Waals surface area contributed by atoms with Crippen LogP contribution >= 0.6 is 0 Å². The van der Waals surface area contributed by atoms with E-state index >= 15 is 0 Å². The molecule has 1 aromatic carbocycles. The van der Waals surface area contributed by atoms with Crippen molar-refractivity contribution in [2.45, 2.75) is 20.0 Å². The molecule has 2 aromatic rings. The van der Waals surface area contributed by atoms with Gasteiger partial charge in [0.2, 0.25) is 0 Å². The van der Waals surface area contributed by atoms with Crippen molar-refractivity contribution in [2.75, 3.05) is 5.73 Å². The van der Waals surface area contributed by atoms with Crippen molar-refractivity contribution in [1.29, 1.82) is 0 Å². The van der Waals surface area contributed by atoms with Gasteiger partial charge in [-0.3, -0.25) is 0 Å². The number of benzene rings is 1. The Hall–Kier alpha value is -2.05. The first-order valence-electron chi connectivity index (χ1n) is 6.32. The molecule has 0 aliphatic rings. The molecule has 5 nitrogen and oxygen atoms in total. The van der Waals surface area contributed by atoms with Gasteiger partial charge in [0, 0.05) is 11.7 Å². The molecule has 1 heterocycles. The van der Waals surface area contributed by atoms with E-state index in [1.165, 1.54) is 12.3 Å². The standard InChI is InChI=1S/C14H17BN2O3/c1-9-4-3-5-11(6-9)10(2)20-13-7-12(15(18)19)8-17-14(13)16/h3-8,10,18-19H,1-2H3,(H2,16,17)/t10-/m1/s1. The van der Waals surface area contributed by atoms with Gasteiger partial charge in [0.25, 0.3) is 0 Å². The van der Waals surface area contributed by atoms with Crippen molar-refractivity contribution in [3.05, 3.63) is 47.7 Å². The summed E-state index contributed by atoms with van der Waals surface area (Å²) in [6.07, 6.45) is 1.09. The molecule has 20 heavy (non-hydrogen) atoms. The van der Waals surface area contributed by atoms with Crippen molar-refractivity contribution in [3.63, 3.8) is 0 Å². The van der Waals surface area contributed by atoms with Crippen molar-refractivity contribution < 1.29 is 14.8 Å². The maximum absolute atomic E-state index is 9.15. The third kappa shape index (κ3) is 3.29. The summed E-state index contributed by atoms with van der Waals surface area (Å²) in [5.74, 6) is 0.554. The molecule has 0 saturated carbocycles. The van der Waals surface area contributed by atoms with Crippen LogP contribution in [0.5, 0.6) is 5.75 Å². The van der Waals surface area contributed by atoms with Gasteiger partial charge in [-0.1, -0.05) is 29.8 Å². The summed E-state index contributed by atoms with van der Waals surface area (Å²) in [6, 6.07) is 9.44. The second-order valence-corrected chi connectivity index (χ2v) is 4.70. The number of aryl methyl sites for hydroxylation is 1. The molecular formula is C14H17BN2O3. The summed E-state index contributed by atoms with van der Waals surface area (Å²) in [4.78, 5) is 3.90. The van der Waals surface area contributed by atoms with E-state index in [0.29, 0.717) is 5.75 Å². The summed E-state index contributed by atoms with van der Waals surface area (Å²) in [5, 5.41) is 18.3. The topological polar surface area (TPSA) is 88.6 Å². The summed E-state index contributed by atoms with van der Waals surface area (Å²) >= 11 is 0. The Balaban J connectivity index is 2.23. The highest BCUT2D eigenvalue weighted by atomic mass is 16.5. The average molecular weight is 272 g/mol. The zero-order chi connectivity index (χ0) is 14.7. The second-order valence-electron chi connectivity index (χ2n) is 4.70. The van der Waals surface area contributed by atoms with E-state index in [9.17, 15) is 0 Å². The number of ether oxygens (including phenoxy) is 1. The summed E-state index contributed by atoms with van der Waals surface area (Å²) in [5.41, 5.74) is 8.14. The minimum absolute atomic E-state index is 0.217. The fraction of sp³-hybridized carbons (Fsp3) is 0.214. The van der Waals surface area contributed by atoms with Crippen molar-refractivity contribution >= 4 is 18.4 Å². The Bertz CT molecular complexity index is 605. The van der Waals surface area contributed by atoms with Crippen LogP contribution in [0.25, 0.3) is 0 Å². The Labute approximate surface area is 118 Å². The molecule has 1 aromatic heterocycles. The van der Waals surface area contributed by atoms with Gasteiger partial charge in [0.05, 0.1) is 0 Å². The van der Waals surface area contributed by atoms with Gasteiger partial charge >= 0.3 is 7.12 Å². The van der Waals surface area contributed by atoms with E-state index in [0.717, 1.165) is 11.1 Å². The largest absolute Gasteiger partial charge is 0.490 e. The van der Waals surface area contributed by atoms with Gasteiger partial charge < -0.3 is 20.5 Å². The smallest absolute Gasteiger partial charge is 0.482 e. The van der Waals surface area contributed by atoms with Gasteiger partial charge in [-0.25, -0.2) is 4.98 Å². The zero-order valence-electron chi connectivity index (χ0n) is 11.4. The summed E-state index contributed by atoms with van der Waals surface area (Å²) in [6.45, 7) is 3.91. The summed E-state index contributed by atoms with van der Waals surface area (Å²) in [7, 11) is -1.60. The van der Waals surface area contributed by atoms with Crippen LogP contribution in [-0.2, 0) is 0 Å². The molecule has 6 heteroatoms. The van der Waals surface area contributed by atoms with Crippen LogP contribution in [-0.4, -0.2) is 22.2 Å². The number of nitrogen functional groups attached to an aromatic ring is 1. The first-order valence-corrected chi connectivity index (χ1v) is 6.32. The van der Waals surface area contributed by atoms with Crippen molar-refractivity contribution in [1.82, 2.24) is 4.98 Å². The van der Waals surface area contributed by atoms with Gasteiger partial charge in [-0.15, -0.1) is 0 Å². The number of pyridine rings is 1. The first kappa shape index (κ1) is 14.4. The highest BCUT2D eigenvalue weighted by Gasteiger charge is 2.16. The minimum atomic E-state index is -1.60. The molecule has 104 valence electrons. The number of hydrogen-bond donors (Lipinski definition) is 3. The van der Waals surface area contributed by atoms with E-state index < -0.39 is 7.12 Å². The molecule has 0 fully saturated rings. The van der Waals surface area contributed by atoms with E-state index in [-0.39, 0.29) is 17.4 Å². The number of anilines is 1. The predicted molar refractivity (Wildman–Crippen MR) is 78.7 cm³/mol. The minimum Gasteiger partial charge on any atom is -0.482 e. The lowest BCUT2D eigenvalue weighted by Crippen LogP contribution is -2.30. The van der Waals surface area contributed by atoms with Crippen LogP contribution in [0.3, 0.4) is 0 Å². The van der Waals surface area contributed by atoms with Crippen LogP contribution in [0.4, 0.5) is 5.82 Å². The molecule has 0 saturated heterocycles. The quantitative estimate of drug-likeness (QED) is 0.716. The van der Waals surface area contributed by atoms with Gasteiger partial charge in [-0.2, -0.15) is 0 Å². The normalized spacial score (nSPS) is 12.0. The van der Waals surface area contributed by atoms with E-state index in [1.54, 1.807) is 0 Å². The second kappa shape index (κ2) is 5.94. The Kier molecular flexibility index (Phi) is 4.27. The molecule has 4 N–H and O–H groups in total. The number of hydrogen-bond acceptors (Lipinski definition) is 5. The molecule has 0 bridgehead atoms. The molecule has 0 radical (unpaired) electrons. The maximum Gasteiger partial charge on any atom is 0.490 e. The number of nitrogens with two attached hydrogens (primary N) is 1. The number of aromatic nitrogens is 1. The molecule has 1 atom stereocenters. The fourth-order valence-electron chi connectivity index (χ4n) is 1.89. The van der Waals surface area contributed by atoms with E-state index in [2.05, 4.69) is 4.98 Å². The molecule has 0 aliphatic heterocycles. The number of nitrogens with zero attached hydrogens (tertiary/aromatic N) is 1. The molecule has 0 amide bonds. The van der Waals surface area contributed by atoms with Crippen molar-refractivity contribution in [2.24, 2.45) is 0 Å². The fourth-order valence-corrected chi connectivity index (χ4v) is 1.89. The molecule has 0 spiro atoms. The monoisotopic (exact) mass is 272 g/mol. The van der Waals surface area contributed by atoms with Gasteiger partial charge in [0.15, 0.2) is 11.6 Å². The lowest BCUT2D eigenvalue weighted by atomic mass is 9.81. The highest BCUT2D eigenvalue weighted by Crippen LogP contribution is 2.25. The number of rotatable bonds is 4. The first-order chi connectivity index (χ1) is 9.47. The van der Waals surface area contributed by atoms with Gasteiger partial charge in [0.1, 0.15) is 6.10 Å². The summed E-state index contributed by atoms with van der Waals surface area (Å²) < 4.78 is 5.77. The molecule has 0 aliphatic carbocycles. The molecular weight excluding hydrogens is 255 g/mol. The SMILES string of the molecule is Cc1cccc([C@@H](C)Oc2cc(B(O)O)cnc2N)c1. The third-order valence-corrected chi connectivity index (χ3v) is 3.02. The van der Waals surface area contributed by atoms with Crippen LogP contribution in [0.1, 0.15) is 24.2 Å². The Morgan fingerprint density at radius 3 is 2.70 bits per heavy atom. The van der Waals surface area contributed by atoms with Crippen molar-refractivity contribution in [3.8, 4) is 5.75 Å². The average Bonchev–Trinajstić information content (AvgIpc) is 2.41. The van der Waals surface area contributed by atoms with Crippen LogP contribution < -0.4 is 15.9 Å². The lowest BCUT2D eigenvalue weighted by Gasteiger charge is -2.17. The Morgan fingerprint density at radius 2 is 2.05 bits per heavy atom. The van der Waals surface area contributed by atoms with E-state index in [4.69, 9.17) is 20.5 Å². The van der Waals surface area contributed by atoms with E-state index in [1.807, 2.05) is 38.1 Å². The van der Waals surface area contributed by atoms with Gasteiger partial charge in [-0.05, 0) is 25.5 Å². The molecule has 0 unspecified atom stereocenters. The zero-order valence-corrected chi connectivity index (χ0v) is 11.4. The Morgan fingerprint density at radius 1 is 1.30 bits per heavy atom. The molecule has 2 rings (SSSR count). The third-order valence-electron chi connectivity index (χ3n) is 3.02. The van der Waals surface area contributed by atoms with Crippen LogP contribution in [0, 0.1) is 6.92 Å². The highest BCUT2D eigenvalue weighted by molar-refractivity contribution is 6.58. The lowest BCUT2D eigenvalue weighted by molar-refractivity contribution is 0.227. The predicted octanol–water partition coefficient (Wildman–Crippen LogP) is 0.792.